The van der Waals surface area contributed by atoms with E-state index in [1.54, 1.807) is 6.07 Å². The second-order valence-electron chi connectivity index (χ2n) is 7.32. The van der Waals surface area contributed by atoms with Crippen molar-refractivity contribution in [3.05, 3.63) is 64.5 Å². The zero-order chi connectivity index (χ0) is 23.6. The minimum Gasteiger partial charge on any atom is -0.403 e. The van der Waals surface area contributed by atoms with Crippen molar-refractivity contribution in [1.82, 2.24) is 14.5 Å². The van der Waals surface area contributed by atoms with Crippen LogP contribution in [0.25, 0.3) is 11.5 Å². The SMILES string of the molecule is O=C(Nc1nnc(-c2cccc([N+](=O)[O-])c2)o1)C1CCN(S(=O)(=O)c2ccccc2F)CC1. The number of anilines is 1. The van der Waals surface area contributed by atoms with E-state index in [0.717, 1.165) is 10.4 Å². The summed E-state index contributed by atoms with van der Waals surface area (Å²) >= 11 is 0. The maximum atomic E-state index is 13.9. The minimum absolute atomic E-state index is 0.000185. The zero-order valence-corrected chi connectivity index (χ0v) is 17.9. The number of nitro benzene ring substituents is 1. The van der Waals surface area contributed by atoms with E-state index in [2.05, 4.69) is 15.5 Å². The van der Waals surface area contributed by atoms with Crippen molar-refractivity contribution in [2.45, 2.75) is 17.7 Å². The second kappa shape index (κ2) is 9.03. The van der Waals surface area contributed by atoms with Gasteiger partial charge in [0.15, 0.2) is 0 Å². The molecule has 4 rings (SSSR count). The van der Waals surface area contributed by atoms with Gasteiger partial charge in [0.1, 0.15) is 10.7 Å². The van der Waals surface area contributed by atoms with Gasteiger partial charge in [-0.05, 0) is 31.0 Å². The first-order chi connectivity index (χ1) is 15.8. The van der Waals surface area contributed by atoms with Crippen molar-refractivity contribution in [2.75, 3.05) is 18.4 Å². The lowest BCUT2D eigenvalue weighted by Crippen LogP contribution is -2.41. The highest BCUT2D eigenvalue weighted by Gasteiger charge is 2.33. The largest absolute Gasteiger partial charge is 0.403 e. The number of piperidine rings is 1. The predicted molar refractivity (Wildman–Crippen MR) is 113 cm³/mol. The van der Waals surface area contributed by atoms with Crippen LogP contribution < -0.4 is 5.32 Å². The normalized spacial score (nSPS) is 15.3. The van der Waals surface area contributed by atoms with Crippen molar-refractivity contribution >= 4 is 27.6 Å². The van der Waals surface area contributed by atoms with E-state index >= 15 is 0 Å². The quantitative estimate of drug-likeness (QED) is 0.423. The third kappa shape index (κ3) is 4.73. The molecule has 1 aliphatic heterocycles. The molecule has 1 N–H and O–H groups in total. The monoisotopic (exact) mass is 475 g/mol. The first-order valence-electron chi connectivity index (χ1n) is 9.89. The Morgan fingerprint density at radius 1 is 1.15 bits per heavy atom. The van der Waals surface area contributed by atoms with Crippen molar-refractivity contribution in [3.8, 4) is 11.5 Å². The maximum absolute atomic E-state index is 13.9. The number of amides is 1. The van der Waals surface area contributed by atoms with Crippen molar-refractivity contribution in [2.24, 2.45) is 5.92 Å². The van der Waals surface area contributed by atoms with E-state index in [-0.39, 0.29) is 43.5 Å². The Kier molecular flexibility index (Phi) is 6.16. The van der Waals surface area contributed by atoms with Crippen LogP contribution in [0.5, 0.6) is 0 Å². The van der Waals surface area contributed by atoms with Gasteiger partial charge in [-0.1, -0.05) is 23.3 Å². The molecule has 11 nitrogen and oxygen atoms in total. The van der Waals surface area contributed by atoms with Gasteiger partial charge in [-0.15, -0.1) is 5.10 Å². The number of nitrogens with zero attached hydrogens (tertiary/aromatic N) is 4. The average molecular weight is 475 g/mol. The fourth-order valence-corrected chi connectivity index (χ4v) is 5.04. The summed E-state index contributed by atoms with van der Waals surface area (Å²) < 4.78 is 45.9. The molecule has 33 heavy (non-hydrogen) atoms. The number of nitrogens with one attached hydrogen (secondary N) is 1. The molecule has 172 valence electrons. The summed E-state index contributed by atoms with van der Waals surface area (Å²) in [5.41, 5.74) is 0.178. The van der Waals surface area contributed by atoms with Gasteiger partial charge in [0.2, 0.25) is 21.8 Å². The number of non-ortho nitro benzene ring substituents is 1. The van der Waals surface area contributed by atoms with Crippen LogP contribution in [-0.4, -0.2) is 46.8 Å². The summed E-state index contributed by atoms with van der Waals surface area (Å²) in [7, 11) is -4.00. The second-order valence-corrected chi connectivity index (χ2v) is 9.22. The number of carbonyl (C=O) groups excluding carboxylic acids is 1. The summed E-state index contributed by atoms with van der Waals surface area (Å²) in [6.07, 6.45) is 0.455. The average Bonchev–Trinajstić information content (AvgIpc) is 3.28. The van der Waals surface area contributed by atoms with Crippen molar-refractivity contribution < 1.29 is 26.9 Å². The maximum Gasteiger partial charge on any atom is 0.322 e. The zero-order valence-electron chi connectivity index (χ0n) is 17.0. The van der Waals surface area contributed by atoms with Gasteiger partial charge in [-0.25, -0.2) is 12.8 Å². The fraction of sp³-hybridized carbons (Fsp3) is 0.250. The van der Waals surface area contributed by atoms with Crippen LogP contribution in [0.4, 0.5) is 16.1 Å². The lowest BCUT2D eigenvalue weighted by molar-refractivity contribution is -0.384. The summed E-state index contributed by atoms with van der Waals surface area (Å²) in [5.74, 6) is -1.76. The predicted octanol–water partition coefficient (Wildman–Crippen LogP) is 2.82. The summed E-state index contributed by atoms with van der Waals surface area (Å²) in [4.78, 5) is 22.5. The summed E-state index contributed by atoms with van der Waals surface area (Å²) in [6, 6.07) is 10.6. The van der Waals surface area contributed by atoms with E-state index in [1.165, 1.54) is 36.4 Å². The molecule has 0 radical (unpaired) electrons. The lowest BCUT2D eigenvalue weighted by Gasteiger charge is -2.30. The molecule has 1 amide bonds. The number of sulfonamides is 1. The summed E-state index contributed by atoms with van der Waals surface area (Å²) in [6.45, 7) is 0.106. The molecule has 0 aliphatic carbocycles. The Hall–Kier alpha value is -3.71. The first kappa shape index (κ1) is 22.5. The fourth-order valence-electron chi connectivity index (χ4n) is 3.50. The van der Waals surface area contributed by atoms with E-state index in [9.17, 15) is 27.7 Å². The molecule has 2 heterocycles. The molecule has 1 aliphatic rings. The molecule has 0 unspecified atom stereocenters. The van der Waals surface area contributed by atoms with Crippen LogP contribution in [0.3, 0.4) is 0 Å². The molecular weight excluding hydrogens is 457 g/mol. The van der Waals surface area contributed by atoms with Crippen LogP contribution in [-0.2, 0) is 14.8 Å². The smallest absolute Gasteiger partial charge is 0.322 e. The van der Waals surface area contributed by atoms with Gasteiger partial charge in [-0.2, -0.15) is 4.31 Å². The lowest BCUT2D eigenvalue weighted by atomic mass is 9.97. The van der Waals surface area contributed by atoms with Gasteiger partial charge in [0, 0.05) is 36.7 Å². The number of hydrogen-bond donors (Lipinski definition) is 1. The van der Waals surface area contributed by atoms with Gasteiger partial charge in [0.25, 0.3) is 5.69 Å². The van der Waals surface area contributed by atoms with Gasteiger partial charge in [-0.3, -0.25) is 20.2 Å². The Morgan fingerprint density at radius 2 is 1.88 bits per heavy atom. The molecule has 0 bridgehead atoms. The van der Waals surface area contributed by atoms with E-state index < -0.39 is 37.5 Å². The third-order valence-corrected chi connectivity index (χ3v) is 7.17. The van der Waals surface area contributed by atoms with Crippen LogP contribution in [0.1, 0.15) is 12.8 Å². The third-order valence-electron chi connectivity index (χ3n) is 5.24. The molecule has 3 aromatic rings. The standard InChI is InChI=1S/C20H18FN5O6S/c21-16-6-1-2-7-17(16)33(30,31)25-10-8-13(9-11-25)18(27)22-20-24-23-19(32-20)14-4-3-5-15(12-14)26(28)29/h1-7,12-13H,8-11H2,(H,22,24,27). The van der Waals surface area contributed by atoms with Crippen LogP contribution >= 0.6 is 0 Å². The molecule has 0 saturated carbocycles. The number of hydrogen-bond acceptors (Lipinski definition) is 8. The topological polar surface area (TPSA) is 149 Å². The Bertz CT molecular complexity index is 1300. The highest BCUT2D eigenvalue weighted by molar-refractivity contribution is 7.89. The molecule has 13 heteroatoms. The van der Waals surface area contributed by atoms with Gasteiger partial charge < -0.3 is 4.42 Å². The summed E-state index contributed by atoms with van der Waals surface area (Å²) in [5, 5.41) is 20.9. The molecule has 1 aromatic heterocycles. The van der Waals surface area contributed by atoms with Crippen LogP contribution in [0.15, 0.2) is 57.8 Å². The van der Waals surface area contributed by atoms with Crippen molar-refractivity contribution in [3.63, 3.8) is 0 Å². The Labute approximate surface area is 187 Å². The number of halogens is 1. The van der Waals surface area contributed by atoms with Gasteiger partial charge >= 0.3 is 6.01 Å². The van der Waals surface area contributed by atoms with Crippen LogP contribution in [0.2, 0.25) is 0 Å². The first-order valence-corrected chi connectivity index (χ1v) is 11.3. The Morgan fingerprint density at radius 3 is 2.58 bits per heavy atom. The highest BCUT2D eigenvalue weighted by atomic mass is 32.2. The van der Waals surface area contributed by atoms with Gasteiger partial charge in [0.05, 0.1) is 4.92 Å². The van der Waals surface area contributed by atoms with E-state index in [1.807, 2.05) is 0 Å². The number of aromatic nitrogens is 2. The number of rotatable bonds is 6. The number of carbonyl (C=O) groups is 1. The molecule has 1 fully saturated rings. The molecule has 0 spiro atoms. The van der Waals surface area contributed by atoms with E-state index in [4.69, 9.17) is 4.42 Å². The molecule has 1 saturated heterocycles. The molecule has 2 aromatic carbocycles. The minimum atomic E-state index is -4.00. The number of benzene rings is 2. The molecular formula is C20H18FN5O6S. The molecule has 0 atom stereocenters. The number of nitro groups is 1. The highest BCUT2D eigenvalue weighted by Crippen LogP contribution is 2.27. The van der Waals surface area contributed by atoms with Crippen LogP contribution in [0, 0.1) is 21.8 Å². The van der Waals surface area contributed by atoms with Crippen molar-refractivity contribution in [1.29, 1.82) is 0 Å². The Balaban J connectivity index is 1.38. The van der Waals surface area contributed by atoms with E-state index in [0.29, 0.717) is 5.56 Å².